The highest BCUT2D eigenvalue weighted by atomic mass is 16.9. The van der Waals surface area contributed by atoms with Crippen LogP contribution < -0.4 is 15.9 Å². The molecule has 0 unspecified atom stereocenters. The Bertz CT molecular complexity index is 417. The summed E-state index contributed by atoms with van der Waals surface area (Å²) < 4.78 is 11.9. The fraction of sp³-hybridized carbons (Fsp3) is 0.538. The van der Waals surface area contributed by atoms with Crippen molar-refractivity contribution in [2.45, 2.75) is 38.9 Å². The molecule has 0 aliphatic carbocycles. The van der Waals surface area contributed by atoms with Gasteiger partial charge in [0, 0.05) is 0 Å². The van der Waals surface area contributed by atoms with Crippen LogP contribution in [0.1, 0.15) is 27.7 Å². The summed E-state index contributed by atoms with van der Waals surface area (Å²) in [5.74, 6) is 0.655. The minimum absolute atomic E-state index is 0.329. The Labute approximate surface area is 114 Å². The number of nitrogens with one attached hydrogen (secondary N) is 1. The van der Waals surface area contributed by atoms with Gasteiger partial charge in [-0.1, -0.05) is 12.1 Å². The third-order valence-electron chi connectivity index (χ3n) is 3.65. The summed E-state index contributed by atoms with van der Waals surface area (Å²) in [6.07, 6.45) is 0. The molecule has 1 saturated heterocycles. The quantitative estimate of drug-likeness (QED) is 0.659. The van der Waals surface area contributed by atoms with E-state index >= 15 is 0 Å². The second-order valence-corrected chi connectivity index (χ2v) is 5.55. The molecule has 1 aromatic rings. The average Bonchev–Trinajstić information content (AvgIpc) is 2.56. The largest absolute Gasteiger partial charge is 0.494 e. The molecule has 1 heterocycles. The van der Waals surface area contributed by atoms with Crippen LogP contribution in [0.5, 0.6) is 5.75 Å². The molecule has 1 aromatic carbocycles. The summed E-state index contributed by atoms with van der Waals surface area (Å²) in [4.78, 5) is 9.71. The van der Waals surface area contributed by atoms with E-state index in [4.69, 9.17) is 14.1 Å². The number of rotatable bonds is 4. The Morgan fingerprint density at radius 2 is 1.53 bits per heavy atom. The smallest absolute Gasteiger partial charge is 0.399 e. The van der Waals surface area contributed by atoms with Crippen molar-refractivity contribution in [3.8, 4) is 5.75 Å². The second kappa shape index (κ2) is 5.13. The van der Waals surface area contributed by atoms with Gasteiger partial charge in [-0.2, -0.15) is 0 Å². The SMILES string of the molecule is CONOc1ccc(B2OC(C)(C)C(C)(C)O2)cc1. The van der Waals surface area contributed by atoms with Gasteiger partial charge in [0.15, 0.2) is 0 Å². The van der Waals surface area contributed by atoms with Crippen LogP contribution in [-0.4, -0.2) is 25.4 Å². The summed E-state index contributed by atoms with van der Waals surface area (Å²) in [5.41, 5.74) is 2.62. The van der Waals surface area contributed by atoms with Gasteiger partial charge >= 0.3 is 7.12 Å². The molecule has 0 amide bonds. The van der Waals surface area contributed by atoms with Crippen molar-refractivity contribution in [3.63, 3.8) is 0 Å². The molecule has 1 N–H and O–H groups in total. The first-order chi connectivity index (χ1) is 8.86. The molecule has 0 saturated carbocycles. The van der Waals surface area contributed by atoms with Gasteiger partial charge < -0.3 is 14.1 Å². The van der Waals surface area contributed by atoms with E-state index in [1.807, 2.05) is 52.0 Å². The van der Waals surface area contributed by atoms with E-state index < -0.39 is 0 Å². The number of hydrogen-bond donors (Lipinski definition) is 1. The first-order valence-corrected chi connectivity index (χ1v) is 6.26. The zero-order chi connectivity index (χ0) is 14.1. The highest BCUT2D eigenvalue weighted by Crippen LogP contribution is 2.36. The van der Waals surface area contributed by atoms with E-state index in [2.05, 4.69) is 10.5 Å². The normalized spacial score (nSPS) is 20.6. The van der Waals surface area contributed by atoms with Gasteiger partial charge in [0.1, 0.15) is 5.75 Å². The first kappa shape index (κ1) is 14.3. The molecule has 0 bridgehead atoms. The summed E-state index contributed by atoms with van der Waals surface area (Å²) in [6.45, 7) is 8.14. The van der Waals surface area contributed by atoms with Crippen LogP contribution in [0.2, 0.25) is 0 Å². The highest BCUT2D eigenvalue weighted by molar-refractivity contribution is 6.62. The molecular formula is C13H20BNO4. The van der Waals surface area contributed by atoms with Crippen LogP contribution in [0, 0.1) is 0 Å². The van der Waals surface area contributed by atoms with Gasteiger partial charge in [-0.25, -0.2) is 0 Å². The molecule has 19 heavy (non-hydrogen) atoms. The molecule has 0 atom stereocenters. The maximum Gasteiger partial charge on any atom is 0.494 e. The molecule has 104 valence electrons. The summed E-state index contributed by atoms with van der Waals surface area (Å²) in [7, 11) is 1.13. The number of benzene rings is 1. The molecule has 0 aromatic heterocycles. The minimum Gasteiger partial charge on any atom is -0.399 e. The Morgan fingerprint density at radius 1 is 1.00 bits per heavy atom. The second-order valence-electron chi connectivity index (χ2n) is 5.55. The molecule has 2 rings (SSSR count). The van der Waals surface area contributed by atoms with Gasteiger partial charge in [-0.3, -0.25) is 4.84 Å². The van der Waals surface area contributed by atoms with Crippen LogP contribution >= 0.6 is 0 Å². The van der Waals surface area contributed by atoms with Crippen molar-refractivity contribution in [1.29, 1.82) is 0 Å². The van der Waals surface area contributed by atoms with Crippen LogP contribution in [0.15, 0.2) is 24.3 Å². The molecule has 6 heteroatoms. The Hall–Kier alpha value is -1.08. The van der Waals surface area contributed by atoms with Gasteiger partial charge in [0.05, 0.1) is 18.3 Å². The van der Waals surface area contributed by atoms with Crippen molar-refractivity contribution in [1.82, 2.24) is 5.64 Å². The molecule has 1 fully saturated rings. The van der Waals surface area contributed by atoms with Crippen molar-refractivity contribution in [2.24, 2.45) is 0 Å². The van der Waals surface area contributed by atoms with E-state index in [1.165, 1.54) is 7.11 Å². The topological polar surface area (TPSA) is 49.0 Å². The van der Waals surface area contributed by atoms with Gasteiger partial charge in [-0.05, 0) is 50.9 Å². The third kappa shape index (κ3) is 2.92. The molecule has 1 aliphatic rings. The summed E-state index contributed by atoms with van der Waals surface area (Å²) in [6, 6.07) is 7.47. The van der Waals surface area contributed by atoms with Gasteiger partial charge in [-0.15, -0.1) is 0 Å². The lowest BCUT2D eigenvalue weighted by atomic mass is 9.79. The lowest BCUT2D eigenvalue weighted by molar-refractivity contribution is -0.0796. The standard InChI is InChI=1S/C13H20BNO4/c1-12(2)13(3,4)19-14(18-12)10-6-8-11(9-7-10)17-15-16-5/h6-9,15H,1-5H3. The predicted octanol–water partition coefficient (Wildman–Crippen LogP) is 1.43. The maximum atomic E-state index is 5.97. The maximum absolute atomic E-state index is 5.97. The van der Waals surface area contributed by atoms with E-state index in [0.717, 1.165) is 5.46 Å². The zero-order valence-corrected chi connectivity index (χ0v) is 12.0. The van der Waals surface area contributed by atoms with Gasteiger partial charge in [0.2, 0.25) is 0 Å². The van der Waals surface area contributed by atoms with E-state index in [9.17, 15) is 0 Å². The lowest BCUT2D eigenvalue weighted by Crippen LogP contribution is -2.41. The first-order valence-electron chi connectivity index (χ1n) is 6.26. The van der Waals surface area contributed by atoms with E-state index in [-0.39, 0.29) is 18.3 Å². The fourth-order valence-electron chi connectivity index (χ4n) is 1.76. The lowest BCUT2D eigenvalue weighted by Gasteiger charge is -2.32. The third-order valence-corrected chi connectivity index (χ3v) is 3.65. The van der Waals surface area contributed by atoms with Crippen LogP contribution in [0.25, 0.3) is 0 Å². The highest BCUT2D eigenvalue weighted by Gasteiger charge is 2.51. The van der Waals surface area contributed by atoms with E-state index in [0.29, 0.717) is 5.75 Å². The predicted molar refractivity (Wildman–Crippen MR) is 72.9 cm³/mol. The molecule has 0 radical (unpaired) electrons. The number of hydrogen-bond acceptors (Lipinski definition) is 5. The minimum atomic E-state index is -0.352. The van der Waals surface area contributed by atoms with E-state index in [1.54, 1.807) is 0 Å². The monoisotopic (exact) mass is 265 g/mol. The van der Waals surface area contributed by atoms with Crippen molar-refractivity contribution in [3.05, 3.63) is 24.3 Å². The molecular weight excluding hydrogens is 245 g/mol. The molecule has 1 aliphatic heterocycles. The fourth-order valence-corrected chi connectivity index (χ4v) is 1.76. The Balaban J connectivity index is 2.08. The van der Waals surface area contributed by atoms with Crippen molar-refractivity contribution < 1.29 is 19.0 Å². The summed E-state index contributed by atoms with van der Waals surface area (Å²) in [5, 5.41) is 0. The van der Waals surface area contributed by atoms with Crippen LogP contribution in [0.4, 0.5) is 0 Å². The van der Waals surface area contributed by atoms with Gasteiger partial charge in [0.25, 0.3) is 0 Å². The summed E-state index contributed by atoms with van der Waals surface area (Å²) >= 11 is 0. The van der Waals surface area contributed by atoms with Crippen molar-refractivity contribution in [2.75, 3.05) is 7.11 Å². The Kier molecular flexibility index (Phi) is 3.87. The zero-order valence-electron chi connectivity index (χ0n) is 12.0. The van der Waals surface area contributed by atoms with Crippen LogP contribution in [0.3, 0.4) is 0 Å². The average molecular weight is 265 g/mol. The Morgan fingerprint density at radius 3 is 2.00 bits per heavy atom. The molecule has 0 spiro atoms. The van der Waals surface area contributed by atoms with Crippen LogP contribution in [-0.2, 0) is 14.1 Å². The molecule has 5 nitrogen and oxygen atoms in total. The van der Waals surface area contributed by atoms with Crippen molar-refractivity contribution >= 4 is 12.6 Å².